The van der Waals surface area contributed by atoms with Gasteiger partial charge in [0.05, 0.1) is 12.2 Å². The predicted octanol–water partition coefficient (Wildman–Crippen LogP) is 1.75. The Hall–Kier alpha value is -1.06. The SMILES string of the molecule is C[C@@H](CO)c1ccccc1[OH+]C(C)(C)O. The third-order valence-electron chi connectivity index (χ3n) is 2.14. The number of benzene rings is 1. The summed E-state index contributed by atoms with van der Waals surface area (Å²) < 4.78 is 4.20. The molecule has 0 spiro atoms. The van der Waals surface area contributed by atoms with E-state index in [-0.39, 0.29) is 12.5 Å². The molecule has 0 saturated heterocycles. The van der Waals surface area contributed by atoms with Crippen molar-refractivity contribution in [3.05, 3.63) is 29.8 Å². The van der Waals surface area contributed by atoms with Crippen LogP contribution in [0.5, 0.6) is 5.75 Å². The Kier molecular flexibility index (Phi) is 3.72. The van der Waals surface area contributed by atoms with Crippen molar-refractivity contribution in [3.63, 3.8) is 0 Å². The highest BCUT2D eigenvalue weighted by Crippen LogP contribution is 2.29. The fraction of sp³-hybridized carbons (Fsp3) is 0.500. The minimum absolute atomic E-state index is 0.0345. The van der Waals surface area contributed by atoms with Crippen molar-refractivity contribution in [3.8, 4) is 5.75 Å². The van der Waals surface area contributed by atoms with Gasteiger partial charge in [0.15, 0.2) is 0 Å². The topological polar surface area (TPSA) is 53.3 Å². The lowest BCUT2D eigenvalue weighted by Crippen LogP contribution is -2.25. The zero-order chi connectivity index (χ0) is 11.5. The van der Waals surface area contributed by atoms with E-state index in [4.69, 9.17) is 5.11 Å². The molecule has 0 unspecified atom stereocenters. The normalized spacial score (nSPS) is 13.7. The number of aromatic hydroxyl groups is 1. The monoisotopic (exact) mass is 211 g/mol. The maximum absolute atomic E-state index is 9.62. The van der Waals surface area contributed by atoms with Crippen LogP contribution in [-0.2, 0) is 0 Å². The van der Waals surface area contributed by atoms with Gasteiger partial charge in [0.1, 0.15) is 0 Å². The van der Waals surface area contributed by atoms with E-state index >= 15 is 0 Å². The molecule has 3 heteroatoms. The van der Waals surface area contributed by atoms with Crippen LogP contribution in [-0.4, -0.2) is 27.3 Å². The summed E-state index contributed by atoms with van der Waals surface area (Å²) in [5.74, 6) is -0.301. The molecule has 0 heterocycles. The fourth-order valence-corrected chi connectivity index (χ4v) is 1.40. The molecule has 84 valence electrons. The highest BCUT2D eigenvalue weighted by Gasteiger charge is 2.23. The quantitative estimate of drug-likeness (QED) is 0.589. The van der Waals surface area contributed by atoms with Crippen molar-refractivity contribution in [1.82, 2.24) is 0 Å². The molecule has 1 atom stereocenters. The van der Waals surface area contributed by atoms with Gasteiger partial charge in [0.2, 0.25) is 0 Å². The second kappa shape index (κ2) is 4.64. The molecule has 0 bridgehead atoms. The molecule has 1 aromatic rings. The van der Waals surface area contributed by atoms with Gasteiger partial charge in [-0.15, -0.1) is 0 Å². The van der Waals surface area contributed by atoms with Gasteiger partial charge in [-0.25, -0.2) is 0 Å². The molecule has 1 rings (SSSR count). The third kappa shape index (κ3) is 3.53. The zero-order valence-corrected chi connectivity index (χ0v) is 9.44. The molecule has 0 saturated carbocycles. The van der Waals surface area contributed by atoms with Crippen molar-refractivity contribution >= 4 is 0 Å². The summed E-state index contributed by atoms with van der Waals surface area (Å²) in [6, 6.07) is 7.55. The minimum Gasteiger partial charge on any atom is -0.559 e. The van der Waals surface area contributed by atoms with Crippen LogP contribution in [0.3, 0.4) is 0 Å². The lowest BCUT2D eigenvalue weighted by Gasteiger charge is -2.20. The number of hydrogen-bond acceptors (Lipinski definition) is 2. The van der Waals surface area contributed by atoms with Gasteiger partial charge in [0.25, 0.3) is 11.5 Å². The van der Waals surface area contributed by atoms with E-state index in [1.807, 2.05) is 31.2 Å². The summed E-state index contributed by atoms with van der Waals surface area (Å²) in [6.07, 6.45) is 0. The molecular formula is C12H19O3+. The highest BCUT2D eigenvalue weighted by atomic mass is 16.6. The summed E-state index contributed by atoms with van der Waals surface area (Å²) in [6.45, 7) is 5.28. The molecule has 0 aliphatic rings. The standard InChI is InChI=1S/C12H18O3/c1-9(8-13)10-6-4-5-7-11(10)15-12(2,3)14/h4-7,9,13-14H,8H2,1-3H3/p+1/t9-/m0/s1. The maximum atomic E-state index is 9.62. The molecular weight excluding hydrogens is 192 g/mol. The Balaban J connectivity index is 2.96. The van der Waals surface area contributed by atoms with Gasteiger partial charge < -0.3 is 14.9 Å². The van der Waals surface area contributed by atoms with Crippen LogP contribution in [0.4, 0.5) is 0 Å². The number of hydrogen-bond donors (Lipinski definition) is 2. The van der Waals surface area contributed by atoms with Crippen LogP contribution in [0.25, 0.3) is 0 Å². The minimum atomic E-state index is -1.08. The average Bonchev–Trinajstić information content (AvgIpc) is 2.15. The van der Waals surface area contributed by atoms with E-state index in [9.17, 15) is 5.11 Å². The highest BCUT2D eigenvalue weighted by molar-refractivity contribution is 5.35. The summed E-state index contributed by atoms with van der Waals surface area (Å²) in [4.78, 5) is 0. The van der Waals surface area contributed by atoms with Crippen LogP contribution in [0.1, 0.15) is 32.3 Å². The van der Waals surface area contributed by atoms with Crippen molar-refractivity contribution in [2.45, 2.75) is 32.5 Å². The second-order valence-corrected chi connectivity index (χ2v) is 4.25. The first-order chi connectivity index (χ1) is 6.94. The molecule has 0 fully saturated rings. The molecule has 3 nitrogen and oxygen atoms in total. The molecule has 15 heavy (non-hydrogen) atoms. The fourth-order valence-electron chi connectivity index (χ4n) is 1.40. The van der Waals surface area contributed by atoms with E-state index < -0.39 is 5.79 Å². The van der Waals surface area contributed by atoms with Crippen LogP contribution < -0.4 is 0 Å². The van der Waals surface area contributed by atoms with Gasteiger partial charge in [-0.3, -0.25) is 0 Å². The predicted molar refractivity (Wildman–Crippen MR) is 59.9 cm³/mol. The van der Waals surface area contributed by atoms with E-state index in [1.54, 1.807) is 13.8 Å². The summed E-state index contributed by atoms with van der Waals surface area (Å²) in [5, 5.41) is 18.7. The van der Waals surface area contributed by atoms with E-state index in [0.717, 1.165) is 11.3 Å². The van der Waals surface area contributed by atoms with E-state index in [1.165, 1.54) is 0 Å². The summed E-state index contributed by atoms with van der Waals surface area (Å²) in [7, 11) is 0. The van der Waals surface area contributed by atoms with Crippen molar-refractivity contribution in [2.24, 2.45) is 0 Å². The van der Waals surface area contributed by atoms with Gasteiger partial charge in [-0.2, -0.15) is 0 Å². The molecule has 1 aromatic carbocycles. The van der Waals surface area contributed by atoms with Gasteiger partial charge in [0, 0.05) is 25.8 Å². The number of aliphatic hydroxyl groups excluding tert-OH is 1. The van der Waals surface area contributed by atoms with Crippen molar-refractivity contribution in [2.75, 3.05) is 6.61 Å². The largest absolute Gasteiger partial charge is 0.559 e. The van der Waals surface area contributed by atoms with Gasteiger partial charge in [-0.05, 0) is 6.07 Å². The summed E-state index contributed by atoms with van der Waals surface area (Å²) >= 11 is 0. The molecule has 0 aromatic heterocycles. The van der Waals surface area contributed by atoms with Crippen molar-refractivity contribution < 1.29 is 14.9 Å². The Morgan fingerprint density at radius 2 is 1.93 bits per heavy atom. The second-order valence-electron chi connectivity index (χ2n) is 4.25. The number of ether oxygens (including phenoxy) is 1. The summed E-state index contributed by atoms with van der Waals surface area (Å²) in [5.41, 5.74) is 0.960. The average molecular weight is 211 g/mol. The lowest BCUT2D eigenvalue weighted by molar-refractivity contribution is -0.229. The van der Waals surface area contributed by atoms with Crippen LogP contribution in [0, 0.1) is 0 Å². The third-order valence-corrected chi connectivity index (χ3v) is 2.14. The van der Waals surface area contributed by atoms with Gasteiger partial charge >= 0.3 is 0 Å². The first-order valence-corrected chi connectivity index (χ1v) is 5.09. The maximum Gasteiger partial charge on any atom is 0.296 e. The number of aliphatic hydroxyl groups is 3. The van der Waals surface area contributed by atoms with Crippen molar-refractivity contribution in [1.29, 1.82) is 0 Å². The number of para-hydroxylation sites is 1. The Morgan fingerprint density at radius 3 is 2.47 bits per heavy atom. The molecule has 0 radical (unpaired) electrons. The Morgan fingerprint density at radius 1 is 1.33 bits per heavy atom. The first kappa shape index (κ1) is 12.0. The zero-order valence-electron chi connectivity index (χ0n) is 9.44. The smallest absolute Gasteiger partial charge is 0.296 e. The van der Waals surface area contributed by atoms with Crippen LogP contribution in [0.2, 0.25) is 0 Å². The number of rotatable bonds is 4. The lowest BCUT2D eigenvalue weighted by atomic mass is 10.0. The van der Waals surface area contributed by atoms with Gasteiger partial charge in [-0.1, -0.05) is 19.1 Å². The van der Waals surface area contributed by atoms with Crippen LogP contribution in [0.15, 0.2) is 24.3 Å². The molecule has 0 aliphatic carbocycles. The van der Waals surface area contributed by atoms with E-state index in [2.05, 4.69) is 4.74 Å². The Bertz CT molecular complexity index is 315. The Labute approximate surface area is 90.3 Å². The first-order valence-electron chi connectivity index (χ1n) is 5.09. The molecule has 3 N–H and O–H groups in total. The molecule has 0 aliphatic heterocycles. The van der Waals surface area contributed by atoms with Crippen LogP contribution >= 0.6 is 0 Å². The molecule has 0 amide bonds. The van der Waals surface area contributed by atoms with E-state index in [0.29, 0.717) is 0 Å².